The van der Waals surface area contributed by atoms with Crippen molar-refractivity contribution in [2.45, 2.75) is 32.9 Å². The summed E-state index contributed by atoms with van der Waals surface area (Å²) < 4.78 is 8.02. The second kappa shape index (κ2) is 9.72. The maximum absolute atomic E-state index is 13.5. The summed E-state index contributed by atoms with van der Waals surface area (Å²) in [6.07, 6.45) is 0.673. The zero-order valence-corrected chi connectivity index (χ0v) is 19.9. The third-order valence-corrected chi connectivity index (χ3v) is 6.32. The number of carbonyl (C=O) groups is 2. The molecule has 5 rings (SSSR count). The number of hydrogen-bond donors (Lipinski definition) is 2. The number of benzene rings is 3. The molecule has 0 radical (unpaired) electrons. The summed E-state index contributed by atoms with van der Waals surface area (Å²) in [6.45, 7) is 4.94. The van der Waals surface area contributed by atoms with E-state index in [9.17, 15) is 9.59 Å². The Hall–Kier alpha value is -3.97. The third-order valence-electron chi connectivity index (χ3n) is 6.32. The molecule has 1 atom stereocenters. The van der Waals surface area contributed by atoms with Gasteiger partial charge in [-0.15, -0.1) is 0 Å². The van der Waals surface area contributed by atoms with Gasteiger partial charge in [-0.3, -0.25) is 9.59 Å². The second-order valence-electron chi connectivity index (χ2n) is 8.82. The van der Waals surface area contributed by atoms with E-state index in [0.29, 0.717) is 36.5 Å². The van der Waals surface area contributed by atoms with E-state index < -0.39 is 0 Å². The molecule has 0 spiro atoms. The number of nitrogens with one attached hydrogen (secondary N) is 2. The van der Waals surface area contributed by atoms with E-state index in [1.165, 1.54) is 12.5 Å². The van der Waals surface area contributed by atoms with Crippen molar-refractivity contribution in [3.05, 3.63) is 94.8 Å². The van der Waals surface area contributed by atoms with Crippen molar-refractivity contribution >= 4 is 28.5 Å². The molecule has 178 valence electrons. The van der Waals surface area contributed by atoms with Crippen LogP contribution in [0.5, 0.6) is 0 Å². The Kier molecular flexibility index (Phi) is 6.33. The topological polar surface area (TPSA) is 85.2 Å². The van der Waals surface area contributed by atoms with Crippen molar-refractivity contribution < 1.29 is 14.3 Å². The van der Waals surface area contributed by atoms with E-state index in [1.54, 1.807) is 6.07 Å². The average molecular weight is 469 g/mol. The molecular weight excluding hydrogens is 440 g/mol. The molecule has 0 bridgehead atoms. The van der Waals surface area contributed by atoms with E-state index in [2.05, 4.69) is 34.9 Å². The quantitative estimate of drug-likeness (QED) is 0.439. The fourth-order valence-electron chi connectivity index (χ4n) is 4.72. The summed E-state index contributed by atoms with van der Waals surface area (Å²) >= 11 is 0. The Morgan fingerprint density at radius 1 is 1.09 bits per heavy atom. The smallest absolute Gasteiger partial charge is 0.253 e. The molecule has 0 aliphatic carbocycles. The highest BCUT2D eigenvalue weighted by atomic mass is 16.5. The van der Waals surface area contributed by atoms with Gasteiger partial charge in [0.05, 0.1) is 23.2 Å². The van der Waals surface area contributed by atoms with Gasteiger partial charge >= 0.3 is 0 Å². The number of hydrogen-bond acceptors (Lipinski definition) is 4. The number of ether oxygens (including phenoxy) is 1. The number of anilines is 1. The van der Waals surface area contributed by atoms with Crippen LogP contribution in [0.15, 0.2) is 66.7 Å². The van der Waals surface area contributed by atoms with Crippen LogP contribution in [0.1, 0.15) is 45.9 Å². The lowest BCUT2D eigenvalue weighted by Crippen LogP contribution is -2.32. The van der Waals surface area contributed by atoms with Crippen LogP contribution in [0.4, 0.5) is 5.69 Å². The maximum atomic E-state index is 13.5. The molecule has 1 aromatic heterocycles. The van der Waals surface area contributed by atoms with Crippen LogP contribution in [0.3, 0.4) is 0 Å². The summed E-state index contributed by atoms with van der Waals surface area (Å²) in [6, 6.07) is 21.8. The Bertz CT molecular complexity index is 1390. The Labute approximate surface area is 204 Å². The summed E-state index contributed by atoms with van der Waals surface area (Å²) in [7, 11) is 0. The van der Waals surface area contributed by atoms with E-state index >= 15 is 0 Å². The first kappa shape index (κ1) is 22.8. The highest BCUT2D eigenvalue weighted by molar-refractivity contribution is 6.07. The molecule has 7 heteroatoms. The van der Waals surface area contributed by atoms with Gasteiger partial charge in [0.2, 0.25) is 5.91 Å². The monoisotopic (exact) mass is 468 g/mol. The standard InChI is InChI=1S/C28H28N4O3/c1-18-30-25-15-22(31-19(2)33)14-24(27(25)32(18)17-20-8-4-3-5-9-20)28(34)29-16-26-23-11-7-6-10-21(23)12-13-35-26/h3-11,14-15,26H,12-13,16-17H2,1-2H3,(H,29,34)(H,31,33). The lowest BCUT2D eigenvalue weighted by molar-refractivity contribution is -0.114. The highest BCUT2D eigenvalue weighted by Crippen LogP contribution is 2.28. The highest BCUT2D eigenvalue weighted by Gasteiger charge is 2.23. The van der Waals surface area contributed by atoms with E-state index in [4.69, 9.17) is 9.72 Å². The van der Waals surface area contributed by atoms with Crippen LogP contribution in [-0.2, 0) is 22.5 Å². The number of nitrogens with zero attached hydrogens (tertiary/aromatic N) is 2. The zero-order valence-electron chi connectivity index (χ0n) is 19.9. The van der Waals surface area contributed by atoms with Crippen LogP contribution >= 0.6 is 0 Å². The minimum absolute atomic E-state index is 0.200. The van der Waals surface area contributed by atoms with Crippen LogP contribution in [0, 0.1) is 6.92 Å². The van der Waals surface area contributed by atoms with Crippen molar-refractivity contribution in [3.63, 3.8) is 0 Å². The third kappa shape index (κ3) is 4.81. The molecule has 7 nitrogen and oxygen atoms in total. The van der Waals surface area contributed by atoms with Crippen LogP contribution in [-0.4, -0.2) is 34.5 Å². The van der Waals surface area contributed by atoms with Gasteiger partial charge in [0.15, 0.2) is 0 Å². The summed E-state index contributed by atoms with van der Waals surface area (Å²) in [5.41, 5.74) is 5.88. The van der Waals surface area contributed by atoms with Crippen LogP contribution < -0.4 is 10.6 Å². The molecule has 35 heavy (non-hydrogen) atoms. The number of aryl methyl sites for hydroxylation is 1. The number of fused-ring (bicyclic) bond motifs is 2. The first-order valence-electron chi connectivity index (χ1n) is 11.8. The maximum Gasteiger partial charge on any atom is 0.253 e. The molecule has 1 aliphatic rings. The molecule has 0 saturated heterocycles. The van der Waals surface area contributed by atoms with Gasteiger partial charge in [0.1, 0.15) is 11.9 Å². The molecule has 1 aliphatic heterocycles. The first-order chi connectivity index (χ1) is 17.0. The molecule has 0 fully saturated rings. The number of rotatable bonds is 6. The normalized spacial score (nSPS) is 15.0. The lowest BCUT2D eigenvalue weighted by Gasteiger charge is -2.26. The Balaban J connectivity index is 1.49. The van der Waals surface area contributed by atoms with Crippen molar-refractivity contribution in [3.8, 4) is 0 Å². The fourth-order valence-corrected chi connectivity index (χ4v) is 4.72. The van der Waals surface area contributed by atoms with Gasteiger partial charge in [-0.2, -0.15) is 0 Å². The van der Waals surface area contributed by atoms with E-state index in [1.807, 2.05) is 47.9 Å². The summed E-state index contributed by atoms with van der Waals surface area (Å²) in [5.74, 6) is 0.355. The molecule has 3 aromatic carbocycles. The van der Waals surface area contributed by atoms with E-state index in [0.717, 1.165) is 28.9 Å². The van der Waals surface area contributed by atoms with E-state index in [-0.39, 0.29) is 17.9 Å². The fraction of sp³-hybridized carbons (Fsp3) is 0.250. The van der Waals surface area contributed by atoms with Gasteiger partial charge in [-0.1, -0.05) is 54.6 Å². The van der Waals surface area contributed by atoms with Crippen molar-refractivity contribution in [1.29, 1.82) is 0 Å². The number of amides is 2. The zero-order chi connectivity index (χ0) is 24.4. The first-order valence-corrected chi connectivity index (χ1v) is 11.8. The largest absolute Gasteiger partial charge is 0.371 e. The van der Waals surface area contributed by atoms with Gasteiger partial charge in [0, 0.05) is 25.7 Å². The number of carbonyl (C=O) groups excluding carboxylic acids is 2. The van der Waals surface area contributed by atoms with Crippen molar-refractivity contribution in [2.75, 3.05) is 18.5 Å². The van der Waals surface area contributed by atoms with Crippen LogP contribution in [0.2, 0.25) is 0 Å². The summed E-state index contributed by atoms with van der Waals surface area (Å²) in [4.78, 5) is 30.0. The number of imidazole rings is 1. The number of aromatic nitrogens is 2. The molecule has 2 N–H and O–H groups in total. The summed E-state index contributed by atoms with van der Waals surface area (Å²) in [5, 5.41) is 5.86. The predicted octanol–water partition coefficient (Wildman–Crippen LogP) is 4.40. The van der Waals surface area contributed by atoms with Crippen LogP contribution in [0.25, 0.3) is 11.0 Å². The van der Waals surface area contributed by atoms with Gasteiger partial charge in [-0.25, -0.2) is 4.98 Å². The Morgan fingerprint density at radius 3 is 2.66 bits per heavy atom. The Morgan fingerprint density at radius 2 is 1.86 bits per heavy atom. The predicted molar refractivity (Wildman–Crippen MR) is 135 cm³/mol. The van der Waals surface area contributed by atoms with Crippen molar-refractivity contribution in [2.24, 2.45) is 0 Å². The molecule has 1 unspecified atom stereocenters. The molecule has 0 saturated carbocycles. The van der Waals surface area contributed by atoms with Gasteiger partial charge in [0.25, 0.3) is 5.91 Å². The molecule has 2 amide bonds. The SMILES string of the molecule is CC(=O)Nc1cc(C(=O)NCC2OCCc3ccccc32)c2c(c1)nc(C)n2Cc1ccccc1. The van der Waals surface area contributed by atoms with Gasteiger partial charge in [-0.05, 0) is 42.2 Å². The second-order valence-corrected chi connectivity index (χ2v) is 8.82. The van der Waals surface area contributed by atoms with Crippen molar-refractivity contribution in [1.82, 2.24) is 14.9 Å². The van der Waals surface area contributed by atoms with Gasteiger partial charge < -0.3 is 19.9 Å². The molecule has 4 aromatic rings. The minimum Gasteiger partial charge on any atom is -0.371 e. The molecular formula is C28H28N4O3. The lowest BCUT2D eigenvalue weighted by atomic mass is 9.97. The minimum atomic E-state index is -0.233. The average Bonchev–Trinajstić information content (AvgIpc) is 3.16. The molecule has 2 heterocycles.